The molecule has 0 saturated carbocycles. The summed E-state index contributed by atoms with van der Waals surface area (Å²) in [5.41, 5.74) is 9.21. The molecule has 1 aromatic carbocycles. The van der Waals surface area contributed by atoms with E-state index in [-0.39, 0.29) is 24.3 Å². The molecule has 2 amide bonds. The highest BCUT2D eigenvalue weighted by Crippen LogP contribution is 2.24. The van der Waals surface area contributed by atoms with Crippen LogP contribution in [-0.4, -0.2) is 60.2 Å². The molecule has 2 aliphatic rings. The van der Waals surface area contributed by atoms with Gasteiger partial charge in [0.15, 0.2) is 0 Å². The molecule has 2 N–H and O–H groups in total. The van der Waals surface area contributed by atoms with Crippen LogP contribution in [-0.2, 0) is 29.2 Å². The molecule has 6 heteroatoms. The van der Waals surface area contributed by atoms with Crippen molar-refractivity contribution >= 4 is 11.8 Å². The second-order valence-electron chi connectivity index (χ2n) is 7.51. The van der Waals surface area contributed by atoms with Crippen molar-refractivity contribution in [1.82, 2.24) is 14.7 Å². The first-order chi connectivity index (χ1) is 11.9. The quantitative estimate of drug-likeness (QED) is 0.857. The van der Waals surface area contributed by atoms with Crippen LogP contribution in [0.4, 0.5) is 0 Å². The van der Waals surface area contributed by atoms with E-state index in [1.54, 1.807) is 0 Å². The van der Waals surface area contributed by atoms with Gasteiger partial charge in [-0.1, -0.05) is 18.2 Å². The van der Waals surface area contributed by atoms with Crippen molar-refractivity contribution in [2.75, 3.05) is 33.7 Å². The predicted octanol–water partition coefficient (Wildman–Crippen LogP) is 0.788. The van der Waals surface area contributed by atoms with Gasteiger partial charge >= 0.3 is 0 Å². The van der Waals surface area contributed by atoms with E-state index < -0.39 is 0 Å². The van der Waals surface area contributed by atoms with Crippen molar-refractivity contribution in [1.29, 1.82) is 0 Å². The summed E-state index contributed by atoms with van der Waals surface area (Å²) in [6.45, 7) is 4.32. The number of fused-ring (bicyclic) bond motifs is 1. The number of likely N-dealkylation sites (tertiary alicyclic amines) is 1. The Bertz CT molecular complexity index is 661. The van der Waals surface area contributed by atoms with Crippen LogP contribution in [0.25, 0.3) is 0 Å². The van der Waals surface area contributed by atoms with E-state index in [4.69, 9.17) is 5.73 Å². The highest BCUT2D eigenvalue weighted by atomic mass is 16.2. The van der Waals surface area contributed by atoms with Gasteiger partial charge in [-0.15, -0.1) is 0 Å². The number of benzene rings is 1. The number of nitrogens with two attached hydrogens (primary N) is 1. The molecule has 0 radical (unpaired) electrons. The van der Waals surface area contributed by atoms with E-state index in [1.165, 1.54) is 16.7 Å². The molecule has 0 aliphatic carbocycles. The van der Waals surface area contributed by atoms with Gasteiger partial charge in [-0.2, -0.15) is 0 Å². The fraction of sp³-hybridized carbons (Fsp3) is 0.579. The highest BCUT2D eigenvalue weighted by molar-refractivity contribution is 5.79. The second-order valence-corrected chi connectivity index (χ2v) is 7.51. The van der Waals surface area contributed by atoms with Gasteiger partial charge in [0.2, 0.25) is 11.8 Å². The molecule has 1 aromatic rings. The molecule has 1 saturated heterocycles. The van der Waals surface area contributed by atoms with Crippen molar-refractivity contribution in [3.05, 3.63) is 34.9 Å². The molecule has 1 unspecified atom stereocenters. The maximum Gasteiger partial charge on any atom is 0.231 e. The summed E-state index contributed by atoms with van der Waals surface area (Å²) < 4.78 is 0. The first-order valence-corrected chi connectivity index (χ1v) is 8.97. The van der Waals surface area contributed by atoms with Gasteiger partial charge in [0.25, 0.3) is 0 Å². The van der Waals surface area contributed by atoms with Crippen molar-refractivity contribution in [3.63, 3.8) is 0 Å². The van der Waals surface area contributed by atoms with Crippen LogP contribution >= 0.6 is 0 Å². The Kier molecular flexibility index (Phi) is 5.39. The van der Waals surface area contributed by atoms with Crippen LogP contribution in [0.1, 0.15) is 29.5 Å². The molecular formula is C19H28N4O2. The molecular weight excluding hydrogens is 316 g/mol. The Morgan fingerprint density at radius 1 is 1.28 bits per heavy atom. The summed E-state index contributed by atoms with van der Waals surface area (Å²) in [6.07, 6.45) is 1.82. The number of primary amides is 1. The van der Waals surface area contributed by atoms with Crippen molar-refractivity contribution < 1.29 is 9.59 Å². The van der Waals surface area contributed by atoms with E-state index in [2.05, 4.69) is 30.1 Å². The summed E-state index contributed by atoms with van der Waals surface area (Å²) in [4.78, 5) is 30.0. The van der Waals surface area contributed by atoms with Crippen molar-refractivity contribution in [2.24, 2.45) is 11.7 Å². The minimum atomic E-state index is -0.329. The second kappa shape index (κ2) is 7.54. The molecule has 25 heavy (non-hydrogen) atoms. The average molecular weight is 344 g/mol. The van der Waals surface area contributed by atoms with Gasteiger partial charge in [-0.05, 0) is 43.1 Å². The SMILES string of the molecule is CN1Cc2ccc(CN(C)C(=O)C3CCCN(CC(N)=O)C3)cc2C1. The summed E-state index contributed by atoms with van der Waals surface area (Å²) in [7, 11) is 3.99. The third-order valence-corrected chi connectivity index (χ3v) is 5.18. The Morgan fingerprint density at radius 3 is 2.80 bits per heavy atom. The number of piperidine rings is 1. The largest absolute Gasteiger partial charge is 0.369 e. The lowest BCUT2D eigenvalue weighted by molar-refractivity contribution is -0.137. The van der Waals surface area contributed by atoms with E-state index in [0.717, 1.165) is 32.5 Å². The zero-order chi connectivity index (χ0) is 18.0. The lowest BCUT2D eigenvalue weighted by Gasteiger charge is -2.33. The highest BCUT2D eigenvalue weighted by Gasteiger charge is 2.28. The number of carbonyl (C=O) groups is 2. The van der Waals surface area contributed by atoms with Crippen LogP contribution in [0.3, 0.4) is 0 Å². The fourth-order valence-corrected chi connectivity index (χ4v) is 4.00. The number of amides is 2. The Morgan fingerprint density at radius 2 is 2.04 bits per heavy atom. The van der Waals surface area contributed by atoms with Crippen LogP contribution in [0.2, 0.25) is 0 Å². The van der Waals surface area contributed by atoms with Crippen LogP contribution in [0.5, 0.6) is 0 Å². The maximum atomic E-state index is 12.8. The zero-order valence-electron chi connectivity index (χ0n) is 15.2. The third-order valence-electron chi connectivity index (χ3n) is 5.18. The predicted molar refractivity (Wildman–Crippen MR) is 96.4 cm³/mol. The van der Waals surface area contributed by atoms with Gasteiger partial charge in [0.05, 0.1) is 12.5 Å². The smallest absolute Gasteiger partial charge is 0.231 e. The Balaban J connectivity index is 1.59. The first kappa shape index (κ1) is 17.9. The zero-order valence-corrected chi connectivity index (χ0v) is 15.2. The summed E-state index contributed by atoms with van der Waals surface area (Å²) in [5, 5.41) is 0. The van der Waals surface area contributed by atoms with E-state index in [0.29, 0.717) is 13.1 Å². The third kappa shape index (κ3) is 4.38. The Labute approximate surface area is 149 Å². The van der Waals surface area contributed by atoms with Gasteiger partial charge in [-0.3, -0.25) is 19.4 Å². The molecule has 6 nitrogen and oxygen atoms in total. The fourth-order valence-electron chi connectivity index (χ4n) is 4.00. The van der Waals surface area contributed by atoms with Crippen LogP contribution < -0.4 is 5.73 Å². The molecule has 0 bridgehead atoms. The minimum Gasteiger partial charge on any atom is -0.369 e. The maximum absolute atomic E-state index is 12.8. The molecule has 3 rings (SSSR count). The van der Waals surface area contributed by atoms with Crippen molar-refractivity contribution in [2.45, 2.75) is 32.5 Å². The first-order valence-electron chi connectivity index (χ1n) is 8.97. The topological polar surface area (TPSA) is 69.9 Å². The summed E-state index contributed by atoms with van der Waals surface area (Å²) >= 11 is 0. The summed E-state index contributed by atoms with van der Waals surface area (Å²) in [5.74, 6) is -0.213. The monoisotopic (exact) mass is 344 g/mol. The summed E-state index contributed by atoms with van der Waals surface area (Å²) in [6, 6.07) is 6.53. The van der Waals surface area contributed by atoms with Gasteiger partial charge in [-0.25, -0.2) is 0 Å². The minimum absolute atomic E-state index is 0.0429. The molecule has 0 spiro atoms. The lowest BCUT2D eigenvalue weighted by Crippen LogP contribution is -2.46. The van der Waals surface area contributed by atoms with E-state index in [1.807, 2.05) is 16.8 Å². The van der Waals surface area contributed by atoms with Crippen molar-refractivity contribution in [3.8, 4) is 0 Å². The van der Waals surface area contributed by atoms with Crippen LogP contribution in [0, 0.1) is 5.92 Å². The number of nitrogens with zero attached hydrogens (tertiary/aromatic N) is 3. The molecule has 1 fully saturated rings. The molecule has 2 heterocycles. The molecule has 1 atom stereocenters. The molecule has 136 valence electrons. The van der Waals surface area contributed by atoms with Gasteiger partial charge in [0.1, 0.15) is 0 Å². The van der Waals surface area contributed by atoms with E-state index in [9.17, 15) is 9.59 Å². The lowest BCUT2D eigenvalue weighted by atomic mass is 9.96. The van der Waals surface area contributed by atoms with Gasteiger partial charge in [0, 0.05) is 33.2 Å². The number of rotatable bonds is 5. The van der Waals surface area contributed by atoms with Gasteiger partial charge < -0.3 is 10.6 Å². The Hall–Kier alpha value is -1.92. The number of carbonyl (C=O) groups excluding carboxylic acids is 2. The number of hydrogen-bond acceptors (Lipinski definition) is 4. The molecule has 0 aromatic heterocycles. The average Bonchev–Trinajstić information content (AvgIpc) is 2.93. The van der Waals surface area contributed by atoms with E-state index >= 15 is 0 Å². The molecule has 2 aliphatic heterocycles. The normalized spacial score (nSPS) is 21.1. The standard InChI is InChI=1S/C19H28N4O2/c1-21-10-15-6-5-14(8-17(15)11-21)9-22(2)19(25)16-4-3-7-23(12-16)13-18(20)24/h5-6,8,16H,3-4,7,9-13H2,1-2H3,(H2,20,24). The van der Waals surface area contributed by atoms with Crippen LogP contribution in [0.15, 0.2) is 18.2 Å². The number of hydrogen-bond donors (Lipinski definition) is 1.